The Balaban J connectivity index is 2.02. The fourth-order valence-corrected chi connectivity index (χ4v) is 13.0. The van der Waals surface area contributed by atoms with Crippen molar-refractivity contribution >= 4 is 16.6 Å². The molecule has 1 N–H and O–H groups in total. The number of allylic oxidation sites excluding steroid dienone is 3. The van der Waals surface area contributed by atoms with Gasteiger partial charge in [-0.05, 0) is 96.3 Å². The average molecular weight is 657 g/mol. The van der Waals surface area contributed by atoms with Gasteiger partial charge in [0.05, 0.1) is 6.10 Å². The van der Waals surface area contributed by atoms with Crippen LogP contribution in [0.1, 0.15) is 127 Å². The lowest BCUT2D eigenvalue weighted by Crippen LogP contribution is -2.48. The molecule has 0 spiro atoms. The average Bonchev–Trinajstić information content (AvgIpc) is 3.17. The predicted octanol–water partition coefficient (Wildman–Crippen LogP) is 12.1. The van der Waals surface area contributed by atoms with Crippen LogP contribution in [0.4, 0.5) is 0 Å². The molecule has 3 fully saturated rings. The highest BCUT2D eigenvalue weighted by Crippen LogP contribution is 2.63. The van der Waals surface area contributed by atoms with Crippen LogP contribution in [0.25, 0.3) is 0 Å². The van der Waals surface area contributed by atoms with Crippen molar-refractivity contribution in [1.29, 1.82) is 0 Å². The lowest BCUT2D eigenvalue weighted by molar-refractivity contribution is -0.153. The molecule has 5 heteroatoms. The molecule has 0 radical (unpaired) electrons. The molecule has 45 heavy (non-hydrogen) atoms. The minimum atomic E-state index is -2.04. The van der Waals surface area contributed by atoms with Crippen LogP contribution in [0.15, 0.2) is 47.6 Å². The zero-order valence-corrected chi connectivity index (χ0v) is 33.7. The maximum Gasteiger partial charge on any atom is 0.195 e. The first-order valence-electron chi connectivity index (χ1n) is 18.7. The first-order chi connectivity index (χ1) is 20.8. The second-order valence-corrected chi connectivity index (χ2v) is 26.9. The molecule has 6 atom stereocenters. The summed E-state index contributed by atoms with van der Waals surface area (Å²) in [5, 5.41) is 11.9. The smallest absolute Gasteiger partial charge is 0.195 e. The van der Waals surface area contributed by atoms with Gasteiger partial charge in [0.15, 0.2) is 22.4 Å². The molecule has 3 nitrogen and oxygen atoms in total. The first-order valence-corrected chi connectivity index (χ1v) is 24.1. The molecule has 258 valence electrons. The van der Waals surface area contributed by atoms with Crippen molar-refractivity contribution in [3.05, 3.63) is 47.6 Å². The lowest BCUT2D eigenvalue weighted by Gasteiger charge is -2.46. The van der Waals surface area contributed by atoms with Gasteiger partial charge in [0.2, 0.25) is 0 Å². The van der Waals surface area contributed by atoms with Gasteiger partial charge in [-0.1, -0.05) is 125 Å². The Morgan fingerprint density at radius 2 is 1.60 bits per heavy atom. The van der Waals surface area contributed by atoms with E-state index >= 15 is 0 Å². The summed E-state index contributed by atoms with van der Waals surface area (Å²) >= 11 is 0. The van der Waals surface area contributed by atoms with Crippen LogP contribution in [0, 0.1) is 29.1 Å². The highest BCUT2D eigenvalue weighted by atomic mass is 28.4. The number of rotatable bonds is 13. The molecule has 0 aromatic carbocycles. The Labute approximate surface area is 281 Å². The van der Waals surface area contributed by atoms with Crippen molar-refractivity contribution in [1.82, 2.24) is 0 Å². The van der Waals surface area contributed by atoms with Crippen LogP contribution >= 0.6 is 0 Å². The second-order valence-electron chi connectivity index (χ2n) is 17.5. The lowest BCUT2D eigenvalue weighted by atomic mass is 9.60. The van der Waals surface area contributed by atoms with Crippen LogP contribution < -0.4 is 0 Å². The van der Waals surface area contributed by atoms with Gasteiger partial charge in [-0.2, -0.15) is 0 Å². The summed E-state index contributed by atoms with van der Waals surface area (Å²) in [6.07, 6.45) is 14.2. The molecule has 0 aromatic heterocycles. The number of aliphatic hydroxyl groups is 1. The molecule has 0 aromatic rings. The Bertz CT molecular complexity index is 1100. The summed E-state index contributed by atoms with van der Waals surface area (Å²) in [7, 11) is -3.98. The first kappa shape index (κ1) is 38.7. The fraction of sp³-hybridized carbons (Fsp3) is 0.800. The van der Waals surface area contributed by atoms with Gasteiger partial charge in [-0.3, -0.25) is 0 Å². The molecular weight excluding hydrogens is 585 g/mol. The van der Waals surface area contributed by atoms with E-state index in [1.165, 1.54) is 43.3 Å². The molecule has 0 amide bonds. The van der Waals surface area contributed by atoms with E-state index in [1.54, 1.807) is 0 Å². The van der Waals surface area contributed by atoms with Crippen LogP contribution in [0.2, 0.25) is 36.3 Å². The standard InChI is InChI=1S/C40H72O3Si2/c1-15-45(16-2,17-3)43-40(41)27-25-30(6)34(28-40)24-23-33-22-19-26-39(12)35(31(7)21-18-20-29(4)5)32(8)37(36(33)39)42-44(13,14)38(9,10)11/h23-24,29,31,35-37,41H,6,8,15-22,25-28H2,1-5,7,9-14H3/b33-23+,34-24-/t31-,35+,36-,37?,39-,40+/m1/s1. The van der Waals surface area contributed by atoms with E-state index in [2.05, 4.69) is 101 Å². The highest BCUT2D eigenvalue weighted by molar-refractivity contribution is 6.74. The van der Waals surface area contributed by atoms with E-state index in [4.69, 9.17) is 15.4 Å². The van der Waals surface area contributed by atoms with E-state index in [9.17, 15) is 5.11 Å². The van der Waals surface area contributed by atoms with Crippen molar-refractivity contribution in [3.63, 3.8) is 0 Å². The van der Waals surface area contributed by atoms with Crippen molar-refractivity contribution < 1.29 is 14.0 Å². The molecule has 3 rings (SSSR count). The van der Waals surface area contributed by atoms with Crippen LogP contribution in [-0.2, 0) is 8.85 Å². The van der Waals surface area contributed by atoms with Gasteiger partial charge in [-0.25, -0.2) is 0 Å². The summed E-state index contributed by atoms with van der Waals surface area (Å²) in [4.78, 5) is 0. The zero-order valence-electron chi connectivity index (χ0n) is 31.7. The van der Waals surface area contributed by atoms with Crippen molar-refractivity contribution in [2.24, 2.45) is 29.1 Å². The third kappa shape index (κ3) is 8.47. The predicted molar refractivity (Wildman–Crippen MR) is 200 cm³/mol. The minimum absolute atomic E-state index is 0.0680. The Kier molecular flexibility index (Phi) is 12.7. The van der Waals surface area contributed by atoms with Gasteiger partial charge < -0.3 is 14.0 Å². The third-order valence-corrected chi connectivity index (χ3v) is 22.0. The second kappa shape index (κ2) is 14.8. The summed E-state index contributed by atoms with van der Waals surface area (Å²) < 4.78 is 14.1. The SMILES string of the molecule is C=C1CC[C@](O)(O[Si](CC)(CC)CC)C/C1=C/C=C1\CCC[C@@]2(C)[C@H]1C(O[Si](C)(C)C(C)(C)C)C(=C)[C@@H]2[C@H](C)CCCC(C)C. The summed E-state index contributed by atoms with van der Waals surface area (Å²) in [6, 6.07) is 3.13. The van der Waals surface area contributed by atoms with Crippen molar-refractivity contribution in [3.8, 4) is 0 Å². The fourth-order valence-electron chi connectivity index (χ4n) is 8.83. The quantitative estimate of drug-likeness (QED) is 0.122. The largest absolute Gasteiger partial charge is 0.410 e. The Hall–Kier alpha value is -0.726. The topological polar surface area (TPSA) is 38.7 Å². The Morgan fingerprint density at radius 3 is 2.16 bits per heavy atom. The molecule has 3 aliphatic rings. The van der Waals surface area contributed by atoms with Gasteiger partial charge in [0, 0.05) is 18.8 Å². The minimum Gasteiger partial charge on any atom is -0.410 e. The van der Waals surface area contributed by atoms with E-state index in [0.717, 1.165) is 48.0 Å². The summed E-state index contributed by atoms with van der Waals surface area (Å²) in [5.41, 5.74) is 5.32. The van der Waals surface area contributed by atoms with Crippen molar-refractivity contribution in [2.75, 3.05) is 0 Å². The third-order valence-electron chi connectivity index (χ3n) is 12.9. The molecule has 3 saturated carbocycles. The van der Waals surface area contributed by atoms with E-state index < -0.39 is 22.4 Å². The Morgan fingerprint density at radius 1 is 0.978 bits per heavy atom. The molecule has 0 bridgehead atoms. The van der Waals surface area contributed by atoms with Crippen LogP contribution in [0.5, 0.6) is 0 Å². The zero-order chi connectivity index (χ0) is 34.0. The maximum atomic E-state index is 11.8. The number of hydrogen-bond donors (Lipinski definition) is 1. The van der Waals surface area contributed by atoms with E-state index in [0.29, 0.717) is 30.6 Å². The van der Waals surface area contributed by atoms with E-state index in [1.807, 2.05) is 0 Å². The van der Waals surface area contributed by atoms with Crippen LogP contribution in [0.3, 0.4) is 0 Å². The normalized spacial score (nSPS) is 32.5. The molecule has 3 aliphatic carbocycles. The van der Waals surface area contributed by atoms with Gasteiger partial charge in [-0.15, -0.1) is 0 Å². The monoisotopic (exact) mass is 657 g/mol. The van der Waals surface area contributed by atoms with Gasteiger partial charge in [0.25, 0.3) is 0 Å². The molecular formula is C40H72O3Si2. The molecule has 0 aliphatic heterocycles. The van der Waals surface area contributed by atoms with Gasteiger partial charge in [0.1, 0.15) is 0 Å². The molecule has 1 unspecified atom stereocenters. The molecule has 0 saturated heterocycles. The molecule has 0 heterocycles. The van der Waals surface area contributed by atoms with Crippen LogP contribution in [-0.4, -0.2) is 33.6 Å². The maximum absolute atomic E-state index is 11.8. The highest BCUT2D eigenvalue weighted by Gasteiger charge is 2.59. The van der Waals surface area contributed by atoms with Crippen molar-refractivity contribution in [2.45, 2.75) is 175 Å². The number of fused-ring (bicyclic) bond motifs is 1. The summed E-state index contributed by atoms with van der Waals surface area (Å²) in [5.74, 6) is 1.09. The summed E-state index contributed by atoms with van der Waals surface area (Å²) in [6.45, 7) is 37.7. The van der Waals surface area contributed by atoms with E-state index in [-0.39, 0.29) is 16.6 Å². The number of hydrogen-bond acceptors (Lipinski definition) is 3. The van der Waals surface area contributed by atoms with Gasteiger partial charge >= 0.3 is 0 Å².